The molecule has 2 aromatic heterocycles. The van der Waals surface area contributed by atoms with Crippen molar-refractivity contribution in [1.82, 2.24) is 20.2 Å². The van der Waals surface area contributed by atoms with E-state index < -0.39 is 6.10 Å². The Morgan fingerprint density at radius 2 is 2.13 bits per heavy atom. The fraction of sp³-hybridized carbons (Fsp3) is 0.333. The van der Waals surface area contributed by atoms with E-state index in [9.17, 15) is 9.59 Å². The summed E-state index contributed by atoms with van der Waals surface area (Å²) in [5.41, 5.74) is 1.81. The zero-order valence-electron chi connectivity index (χ0n) is 16.5. The van der Waals surface area contributed by atoms with Crippen molar-refractivity contribution in [1.29, 1.82) is 0 Å². The highest BCUT2D eigenvalue weighted by Crippen LogP contribution is 2.38. The molecule has 3 heterocycles. The molecule has 0 saturated carbocycles. The highest BCUT2D eigenvalue weighted by atomic mass is 32.1. The highest BCUT2D eigenvalue weighted by molar-refractivity contribution is 7.21. The quantitative estimate of drug-likeness (QED) is 0.646. The van der Waals surface area contributed by atoms with E-state index in [0.717, 1.165) is 21.3 Å². The Bertz CT molecular complexity index is 1070. The number of aryl methyl sites for hydroxylation is 1. The number of morpholine rings is 1. The smallest absolute Gasteiger partial charge is 0.274 e. The molecule has 0 spiro atoms. The van der Waals surface area contributed by atoms with E-state index in [0.29, 0.717) is 24.6 Å². The lowest BCUT2D eigenvalue weighted by Gasteiger charge is -2.33. The third-order valence-electron chi connectivity index (χ3n) is 4.91. The first-order chi connectivity index (χ1) is 14.6. The number of rotatable bonds is 5. The Labute approximate surface area is 177 Å². The monoisotopic (exact) mass is 426 g/mol. The molecule has 2 N–H and O–H groups in total. The lowest BCUT2D eigenvalue weighted by molar-refractivity contribution is -0.0224. The summed E-state index contributed by atoms with van der Waals surface area (Å²) in [5.74, 6) is -0.460. The lowest BCUT2D eigenvalue weighted by atomic mass is 10.0. The van der Waals surface area contributed by atoms with Crippen LogP contribution in [-0.2, 0) is 4.74 Å². The first-order valence-electron chi connectivity index (χ1n) is 9.68. The van der Waals surface area contributed by atoms with Crippen LogP contribution in [0.5, 0.6) is 0 Å². The highest BCUT2D eigenvalue weighted by Gasteiger charge is 2.32. The minimum atomic E-state index is -0.438. The molecule has 156 valence electrons. The summed E-state index contributed by atoms with van der Waals surface area (Å²) in [4.78, 5) is 36.2. The van der Waals surface area contributed by atoms with Crippen molar-refractivity contribution in [2.24, 2.45) is 0 Å². The number of benzene rings is 1. The zero-order chi connectivity index (χ0) is 21.1. The van der Waals surface area contributed by atoms with Gasteiger partial charge in [-0.2, -0.15) is 0 Å². The van der Waals surface area contributed by atoms with Gasteiger partial charge in [0.05, 0.1) is 36.5 Å². The van der Waals surface area contributed by atoms with Crippen LogP contribution in [0.2, 0.25) is 0 Å². The van der Waals surface area contributed by atoms with Gasteiger partial charge in [-0.1, -0.05) is 18.2 Å². The summed E-state index contributed by atoms with van der Waals surface area (Å²) in [5, 5.41) is 12.7. The zero-order valence-corrected chi connectivity index (χ0v) is 17.3. The molecule has 0 bridgehead atoms. The van der Waals surface area contributed by atoms with Crippen LogP contribution < -0.4 is 5.32 Å². The number of nitrogens with one attached hydrogen (secondary N) is 1. The van der Waals surface area contributed by atoms with Gasteiger partial charge in [0, 0.05) is 29.5 Å². The van der Waals surface area contributed by atoms with Crippen LogP contribution in [0.1, 0.15) is 37.5 Å². The van der Waals surface area contributed by atoms with Crippen LogP contribution in [0, 0.1) is 6.92 Å². The lowest BCUT2D eigenvalue weighted by Crippen LogP contribution is -2.43. The van der Waals surface area contributed by atoms with Crippen molar-refractivity contribution >= 4 is 33.2 Å². The number of amides is 2. The molecule has 0 aliphatic carbocycles. The van der Waals surface area contributed by atoms with Crippen LogP contribution in [0.3, 0.4) is 0 Å². The molecule has 0 unspecified atom stereocenters. The average molecular weight is 426 g/mol. The normalized spacial score (nSPS) is 16.6. The number of ether oxygens (including phenoxy) is 1. The van der Waals surface area contributed by atoms with Gasteiger partial charge in [-0.05, 0) is 18.4 Å². The van der Waals surface area contributed by atoms with Crippen LogP contribution in [0.15, 0.2) is 36.7 Å². The molecule has 4 rings (SSSR count). The topological polar surface area (TPSA) is 105 Å². The van der Waals surface area contributed by atoms with Crippen LogP contribution in [-0.4, -0.2) is 64.6 Å². The van der Waals surface area contributed by atoms with Crippen LogP contribution in [0.25, 0.3) is 10.1 Å². The van der Waals surface area contributed by atoms with Crippen LogP contribution in [0.4, 0.5) is 0 Å². The minimum Gasteiger partial charge on any atom is -0.395 e. The largest absolute Gasteiger partial charge is 0.395 e. The van der Waals surface area contributed by atoms with Gasteiger partial charge in [-0.3, -0.25) is 14.6 Å². The summed E-state index contributed by atoms with van der Waals surface area (Å²) >= 11 is 1.38. The van der Waals surface area contributed by atoms with Crippen molar-refractivity contribution in [3.05, 3.63) is 58.5 Å². The number of aliphatic hydroxyl groups is 1. The molecule has 3 aromatic rings. The molecule has 1 aliphatic heterocycles. The predicted molar refractivity (Wildman–Crippen MR) is 113 cm³/mol. The molecule has 9 heteroatoms. The summed E-state index contributed by atoms with van der Waals surface area (Å²) in [7, 11) is 0. The SMILES string of the molecule is Cc1cnc(C(=O)N2CCO[C@H](c3c(C(=O)NCCO)sc4ccccc34)C2)cn1. The first kappa shape index (κ1) is 20.4. The maximum Gasteiger partial charge on any atom is 0.274 e. The Balaban J connectivity index is 1.65. The fourth-order valence-electron chi connectivity index (χ4n) is 3.48. The molecule has 0 radical (unpaired) electrons. The molecular formula is C21H22N4O4S. The number of hydrogen-bond donors (Lipinski definition) is 2. The van der Waals surface area contributed by atoms with Crippen molar-refractivity contribution in [3.8, 4) is 0 Å². The summed E-state index contributed by atoms with van der Waals surface area (Å²) in [6.07, 6.45) is 2.61. The van der Waals surface area contributed by atoms with Crippen molar-refractivity contribution < 1.29 is 19.4 Å². The Kier molecular flexibility index (Phi) is 6.03. The van der Waals surface area contributed by atoms with Gasteiger partial charge in [0.1, 0.15) is 11.8 Å². The number of fused-ring (bicyclic) bond motifs is 1. The van der Waals surface area contributed by atoms with E-state index in [1.807, 2.05) is 31.2 Å². The van der Waals surface area contributed by atoms with Gasteiger partial charge in [-0.25, -0.2) is 4.98 Å². The Morgan fingerprint density at radius 3 is 2.90 bits per heavy atom. The molecule has 8 nitrogen and oxygen atoms in total. The summed E-state index contributed by atoms with van der Waals surface area (Å²) in [6.45, 7) is 2.98. The van der Waals surface area contributed by atoms with E-state index in [-0.39, 0.29) is 30.7 Å². The van der Waals surface area contributed by atoms with E-state index in [2.05, 4.69) is 15.3 Å². The van der Waals surface area contributed by atoms with E-state index in [4.69, 9.17) is 9.84 Å². The summed E-state index contributed by atoms with van der Waals surface area (Å²) < 4.78 is 6.98. The number of aliphatic hydroxyl groups excluding tert-OH is 1. The standard InChI is InChI=1S/C21H22N4O4S/c1-13-10-24-15(11-23-13)21(28)25-7-9-29-16(12-25)18-14-4-2-3-5-17(14)30-19(18)20(27)22-6-8-26/h2-5,10-11,16,26H,6-9,12H2,1H3,(H,22,27)/t16-/m0/s1. The van der Waals surface area contributed by atoms with Crippen molar-refractivity contribution in [2.75, 3.05) is 32.8 Å². The second-order valence-electron chi connectivity index (χ2n) is 6.97. The third-order valence-corrected chi connectivity index (χ3v) is 6.10. The Hall–Kier alpha value is -2.88. The molecule has 2 amide bonds. The number of thiophene rings is 1. The van der Waals surface area contributed by atoms with Gasteiger partial charge in [0.25, 0.3) is 11.8 Å². The molecule has 30 heavy (non-hydrogen) atoms. The Morgan fingerprint density at radius 1 is 1.30 bits per heavy atom. The second-order valence-corrected chi connectivity index (χ2v) is 8.03. The van der Waals surface area contributed by atoms with Crippen molar-refractivity contribution in [2.45, 2.75) is 13.0 Å². The molecule has 1 aromatic carbocycles. The fourth-order valence-corrected chi connectivity index (χ4v) is 4.65. The molecule has 1 atom stereocenters. The predicted octanol–water partition coefficient (Wildman–Crippen LogP) is 1.94. The number of nitrogens with zero attached hydrogens (tertiary/aromatic N) is 3. The average Bonchev–Trinajstić information content (AvgIpc) is 3.17. The van der Waals surface area contributed by atoms with Gasteiger partial charge >= 0.3 is 0 Å². The van der Waals surface area contributed by atoms with Crippen molar-refractivity contribution in [3.63, 3.8) is 0 Å². The second kappa shape index (κ2) is 8.86. The van der Waals surface area contributed by atoms with Gasteiger partial charge in [0.2, 0.25) is 0 Å². The van der Waals surface area contributed by atoms with Crippen LogP contribution >= 0.6 is 11.3 Å². The number of carbonyl (C=O) groups is 2. The first-order valence-corrected chi connectivity index (χ1v) is 10.5. The van der Waals surface area contributed by atoms with E-state index >= 15 is 0 Å². The maximum atomic E-state index is 12.9. The molecule has 1 fully saturated rings. The third kappa shape index (κ3) is 4.04. The van der Waals surface area contributed by atoms with E-state index in [1.54, 1.807) is 11.1 Å². The number of aromatic nitrogens is 2. The van der Waals surface area contributed by atoms with E-state index in [1.165, 1.54) is 17.5 Å². The molecule has 1 saturated heterocycles. The van der Waals surface area contributed by atoms with Gasteiger partial charge < -0.3 is 20.1 Å². The number of carbonyl (C=O) groups excluding carboxylic acids is 2. The molecule has 1 aliphatic rings. The molecular weight excluding hydrogens is 404 g/mol. The summed E-state index contributed by atoms with van der Waals surface area (Å²) in [6, 6.07) is 7.76. The maximum absolute atomic E-state index is 12.9. The number of hydrogen-bond acceptors (Lipinski definition) is 7. The minimum absolute atomic E-state index is 0.133. The van der Waals surface area contributed by atoms with Gasteiger partial charge in [-0.15, -0.1) is 11.3 Å². The van der Waals surface area contributed by atoms with Gasteiger partial charge in [0.15, 0.2) is 0 Å².